The zero-order chi connectivity index (χ0) is 13.4. The summed E-state index contributed by atoms with van der Waals surface area (Å²) < 4.78 is 22.8. The maximum atomic E-state index is 11.6. The fourth-order valence-electron chi connectivity index (χ4n) is 2.28. The third-order valence-corrected chi connectivity index (χ3v) is 3.46. The van der Waals surface area contributed by atoms with E-state index in [4.69, 9.17) is 0 Å². The summed E-state index contributed by atoms with van der Waals surface area (Å²) in [6, 6.07) is 7.78. The van der Waals surface area contributed by atoms with Gasteiger partial charge in [0, 0.05) is 34.3 Å². The Morgan fingerprint density at radius 2 is 2.21 bits per heavy atom. The Kier molecular flexibility index (Phi) is 2.92. The van der Waals surface area contributed by atoms with Crippen LogP contribution in [0.15, 0.2) is 29.3 Å². The molecule has 2 heterocycles. The number of carbonyl (C=O) groups excluding carboxylic acids is 1. The van der Waals surface area contributed by atoms with Gasteiger partial charge >= 0.3 is 0 Å². The minimum Gasteiger partial charge on any atom is -0.755 e. The molecule has 1 atom stereocenters. The molecule has 0 bridgehead atoms. The van der Waals surface area contributed by atoms with Crippen LogP contribution in [-0.4, -0.2) is 25.4 Å². The van der Waals surface area contributed by atoms with Gasteiger partial charge in [-0.05, 0) is 11.6 Å². The number of amides is 1. The summed E-state index contributed by atoms with van der Waals surface area (Å²) in [7, 11) is 0. The first-order chi connectivity index (χ1) is 9.15. The molecule has 1 aliphatic rings. The van der Waals surface area contributed by atoms with Crippen LogP contribution in [0.25, 0.3) is 10.9 Å². The Morgan fingerprint density at radius 1 is 1.42 bits per heavy atom. The van der Waals surface area contributed by atoms with Gasteiger partial charge in [-0.1, -0.05) is 18.2 Å². The molecule has 3 rings (SSSR count). The lowest BCUT2D eigenvalue weighted by Gasteiger charge is -2.14. The SMILES string of the molecule is O=C(NS(=O)[O-])C1=NCc2[nH]c3ccccc3c2C1. The first kappa shape index (κ1) is 12.1. The van der Waals surface area contributed by atoms with E-state index in [2.05, 4.69) is 9.98 Å². The van der Waals surface area contributed by atoms with E-state index in [1.165, 1.54) is 0 Å². The smallest absolute Gasteiger partial charge is 0.276 e. The van der Waals surface area contributed by atoms with Crippen LogP contribution in [0.1, 0.15) is 11.3 Å². The van der Waals surface area contributed by atoms with E-state index in [1.807, 2.05) is 29.0 Å². The number of aromatic nitrogens is 1. The number of aliphatic imine (C=N–C) groups is 1. The first-order valence-corrected chi connectivity index (χ1v) is 6.74. The lowest BCUT2D eigenvalue weighted by atomic mass is 10.0. The summed E-state index contributed by atoms with van der Waals surface area (Å²) >= 11 is -2.61. The number of nitrogens with one attached hydrogen (secondary N) is 2. The maximum Gasteiger partial charge on any atom is 0.276 e. The molecule has 6 nitrogen and oxygen atoms in total. The first-order valence-electron chi connectivity index (χ1n) is 5.67. The number of carbonyl (C=O) groups is 1. The van der Waals surface area contributed by atoms with E-state index in [1.54, 1.807) is 0 Å². The molecular weight excluding hydrogens is 266 g/mol. The fourth-order valence-corrected chi connectivity index (χ4v) is 2.55. The minimum atomic E-state index is -2.61. The molecule has 19 heavy (non-hydrogen) atoms. The van der Waals surface area contributed by atoms with Crippen LogP contribution in [0, 0.1) is 0 Å². The number of hydrogen-bond donors (Lipinski definition) is 2. The standard InChI is InChI=1S/C12H11N3O3S/c16-12(15-19(17)18)10-5-8-7-3-1-2-4-9(7)14-11(8)6-13-10/h1-4,14H,5-6H2,(H,15,16)(H,17,18)/p-1. The highest BCUT2D eigenvalue weighted by molar-refractivity contribution is 7.77. The zero-order valence-corrected chi connectivity index (χ0v) is 10.6. The van der Waals surface area contributed by atoms with Crippen molar-refractivity contribution in [1.29, 1.82) is 0 Å². The molecule has 1 aromatic carbocycles. The third-order valence-electron chi connectivity index (χ3n) is 3.11. The van der Waals surface area contributed by atoms with Gasteiger partial charge in [-0.2, -0.15) is 0 Å². The van der Waals surface area contributed by atoms with Crippen LogP contribution >= 0.6 is 0 Å². The highest BCUT2D eigenvalue weighted by atomic mass is 32.2. The van der Waals surface area contributed by atoms with Gasteiger partial charge in [0.1, 0.15) is 5.71 Å². The Balaban J connectivity index is 1.94. The van der Waals surface area contributed by atoms with Gasteiger partial charge in [0.2, 0.25) is 0 Å². The monoisotopic (exact) mass is 276 g/mol. The average Bonchev–Trinajstić information content (AvgIpc) is 2.75. The average molecular weight is 276 g/mol. The van der Waals surface area contributed by atoms with Crippen molar-refractivity contribution >= 4 is 33.8 Å². The number of aromatic amines is 1. The van der Waals surface area contributed by atoms with Crippen molar-refractivity contribution < 1.29 is 13.6 Å². The minimum absolute atomic E-state index is 0.237. The van der Waals surface area contributed by atoms with E-state index in [0.29, 0.717) is 13.0 Å². The van der Waals surface area contributed by atoms with Crippen LogP contribution in [0.3, 0.4) is 0 Å². The topological polar surface area (TPSA) is 97.4 Å². The number of para-hydroxylation sites is 1. The Labute approximate surface area is 111 Å². The second-order valence-electron chi connectivity index (χ2n) is 4.23. The predicted molar refractivity (Wildman–Crippen MR) is 70.2 cm³/mol. The predicted octanol–water partition coefficient (Wildman–Crippen LogP) is 0.575. The van der Waals surface area contributed by atoms with Crippen LogP contribution in [-0.2, 0) is 29.0 Å². The summed E-state index contributed by atoms with van der Waals surface area (Å²) in [5, 5.41) is 1.04. The van der Waals surface area contributed by atoms with Gasteiger partial charge in [-0.25, -0.2) is 0 Å². The molecule has 0 saturated heterocycles. The highest BCUT2D eigenvalue weighted by Crippen LogP contribution is 2.26. The summed E-state index contributed by atoms with van der Waals surface area (Å²) in [6.45, 7) is 0.359. The molecule has 1 aliphatic heterocycles. The molecule has 0 saturated carbocycles. The number of rotatable bonds is 2. The molecule has 0 fully saturated rings. The second-order valence-corrected chi connectivity index (χ2v) is 4.91. The van der Waals surface area contributed by atoms with Gasteiger partial charge in [0.25, 0.3) is 5.91 Å². The zero-order valence-electron chi connectivity index (χ0n) is 9.80. The maximum absolute atomic E-state index is 11.6. The molecule has 98 valence electrons. The van der Waals surface area contributed by atoms with Crippen LogP contribution in [0.2, 0.25) is 0 Å². The van der Waals surface area contributed by atoms with Gasteiger partial charge in [0.15, 0.2) is 0 Å². The fraction of sp³-hybridized carbons (Fsp3) is 0.167. The molecule has 1 unspecified atom stereocenters. The van der Waals surface area contributed by atoms with Gasteiger partial charge in [-0.15, -0.1) is 0 Å². The number of hydrogen-bond acceptors (Lipinski definition) is 4. The quantitative estimate of drug-likeness (QED) is 0.785. The van der Waals surface area contributed by atoms with E-state index in [0.717, 1.165) is 22.2 Å². The van der Waals surface area contributed by atoms with Crippen LogP contribution in [0.4, 0.5) is 0 Å². The third kappa shape index (κ3) is 2.18. The summed E-state index contributed by atoms with van der Waals surface area (Å²) in [5.74, 6) is -0.663. The van der Waals surface area contributed by atoms with Crippen LogP contribution in [0.5, 0.6) is 0 Å². The molecule has 0 spiro atoms. The van der Waals surface area contributed by atoms with Crippen molar-refractivity contribution in [2.45, 2.75) is 13.0 Å². The highest BCUT2D eigenvalue weighted by Gasteiger charge is 2.21. The van der Waals surface area contributed by atoms with Gasteiger partial charge < -0.3 is 9.54 Å². The van der Waals surface area contributed by atoms with Gasteiger partial charge in [-0.3, -0.25) is 18.7 Å². The van der Waals surface area contributed by atoms with E-state index in [9.17, 15) is 13.6 Å². The van der Waals surface area contributed by atoms with E-state index in [-0.39, 0.29) is 5.71 Å². The number of fused-ring (bicyclic) bond motifs is 3. The lowest BCUT2D eigenvalue weighted by molar-refractivity contribution is -0.113. The molecule has 2 aromatic rings. The molecular formula is C12H10N3O3S-. The molecule has 7 heteroatoms. The van der Waals surface area contributed by atoms with E-state index < -0.39 is 17.2 Å². The molecule has 0 radical (unpaired) electrons. The number of H-pyrrole nitrogens is 1. The van der Waals surface area contributed by atoms with Crippen molar-refractivity contribution in [3.8, 4) is 0 Å². The number of nitrogens with zero attached hydrogens (tertiary/aromatic N) is 1. The molecule has 1 aromatic heterocycles. The molecule has 0 aliphatic carbocycles. The largest absolute Gasteiger partial charge is 0.755 e. The summed E-state index contributed by atoms with van der Waals surface area (Å²) in [4.78, 5) is 19.0. The summed E-state index contributed by atoms with van der Waals surface area (Å²) in [6.07, 6.45) is 0.336. The Bertz CT molecular complexity index is 720. The van der Waals surface area contributed by atoms with Crippen molar-refractivity contribution in [1.82, 2.24) is 9.71 Å². The normalized spacial score (nSPS) is 15.7. The second kappa shape index (κ2) is 4.60. The van der Waals surface area contributed by atoms with E-state index >= 15 is 0 Å². The van der Waals surface area contributed by atoms with Gasteiger partial charge in [0.05, 0.1) is 6.54 Å². The van der Waals surface area contributed by atoms with Crippen LogP contribution < -0.4 is 4.72 Å². The molecule has 1 amide bonds. The Morgan fingerprint density at radius 3 is 3.00 bits per heavy atom. The molecule has 2 N–H and O–H groups in total. The van der Waals surface area contributed by atoms with Crippen molar-refractivity contribution in [3.05, 3.63) is 35.5 Å². The number of benzene rings is 1. The van der Waals surface area contributed by atoms with Crippen molar-refractivity contribution in [2.24, 2.45) is 4.99 Å². The Hall–Kier alpha value is -1.99. The van der Waals surface area contributed by atoms with Crippen molar-refractivity contribution in [2.75, 3.05) is 0 Å². The lowest BCUT2D eigenvalue weighted by Crippen LogP contribution is -2.34. The van der Waals surface area contributed by atoms with Crippen molar-refractivity contribution in [3.63, 3.8) is 0 Å². The summed E-state index contributed by atoms with van der Waals surface area (Å²) in [5.41, 5.74) is 3.21.